The van der Waals surface area contributed by atoms with E-state index in [1.165, 1.54) is 32.5 Å². The molecule has 15 heavy (non-hydrogen) atoms. The van der Waals surface area contributed by atoms with Crippen LogP contribution in [0.25, 0.3) is 0 Å². The monoisotopic (exact) mass is 212 g/mol. The van der Waals surface area contributed by atoms with Gasteiger partial charge in [0.05, 0.1) is 0 Å². The largest absolute Gasteiger partial charge is 0.317 e. The van der Waals surface area contributed by atoms with Gasteiger partial charge in [-0.05, 0) is 49.7 Å². The van der Waals surface area contributed by atoms with Gasteiger partial charge in [0.1, 0.15) is 0 Å². The van der Waals surface area contributed by atoms with E-state index >= 15 is 0 Å². The Bertz CT molecular complexity index is 169. The molecule has 2 heteroatoms. The molecule has 0 aromatic heterocycles. The summed E-state index contributed by atoms with van der Waals surface area (Å²) >= 11 is 0. The molecular formula is C13H28N2. The third-order valence-electron chi connectivity index (χ3n) is 4.04. The third kappa shape index (κ3) is 4.52. The lowest BCUT2D eigenvalue weighted by Crippen LogP contribution is -2.38. The molecule has 1 aliphatic rings. The Balaban J connectivity index is 2.14. The van der Waals surface area contributed by atoms with E-state index in [4.69, 9.17) is 0 Å². The van der Waals surface area contributed by atoms with Crippen LogP contribution in [0, 0.1) is 17.3 Å². The van der Waals surface area contributed by atoms with Crippen molar-refractivity contribution in [2.45, 2.75) is 40.5 Å². The maximum Gasteiger partial charge on any atom is 0.000508 e. The predicted octanol–water partition coefficient (Wildman–Crippen LogP) is 2.26. The van der Waals surface area contributed by atoms with E-state index in [1.807, 2.05) is 0 Å². The molecule has 0 bridgehead atoms. The molecule has 2 N–H and O–H groups in total. The molecule has 0 aromatic rings. The number of nitrogens with one attached hydrogen (secondary N) is 2. The topological polar surface area (TPSA) is 24.1 Å². The number of hydrogen-bond donors (Lipinski definition) is 2. The summed E-state index contributed by atoms with van der Waals surface area (Å²) in [6.07, 6.45) is 2.68. The minimum absolute atomic E-state index is 0.424. The van der Waals surface area contributed by atoms with E-state index in [9.17, 15) is 0 Å². The number of piperidine rings is 1. The van der Waals surface area contributed by atoms with Crippen LogP contribution in [-0.4, -0.2) is 26.2 Å². The van der Waals surface area contributed by atoms with Gasteiger partial charge in [-0.25, -0.2) is 0 Å². The van der Waals surface area contributed by atoms with Crippen LogP contribution in [0.3, 0.4) is 0 Å². The molecule has 0 unspecified atom stereocenters. The molecule has 0 radical (unpaired) electrons. The molecule has 0 atom stereocenters. The molecule has 90 valence electrons. The van der Waals surface area contributed by atoms with Gasteiger partial charge in [0.2, 0.25) is 0 Å². The predicted molar refractivity (Wildman–Crippen MR) is 67.1 cm³/mol. The second kappa shape index (κ2) is 5.86. The molecule has 0 aromatic carbocycles. The minimum Gasteiger partial charge on any atom is -0.317 e. The minimum atomic E-state index is 0.424. The smallest absolute Gasteiger partial charge is 0.000508 e. The van der Waals surface area contributed by atoms with Crippen molar-refractivity contribution in [3.8, 4) is 0 Å². The SMILES string of the molecule is CC(C)C(C)(C)CNCC1CCNCC1. The van der Waals surface area contributed by atoms with Gasteiger partial charge in [0.25, 0.3) is 0 Å². The summed E-state index contributed by atoms with van der Waals surface area (Å²) in [5, 5.41) is 7.06. The lowest BCUT2D eigenvalue weighted by atomic mass is 9.81. The first-order chi connectivity index (χ1) is 7.02. The summed E-state index contributed by atoms with van der Waals surface area (Å²) in [5.74, 6) is 1.65. The zero-order valence-electron chi connectivity index (χ0n) is 10.9. The average molecular weight is 212 g/mol. The highest BCUT2D eigenvalue weighted by Crippen LogP contribution is 2.24. The highest BCUT2D eigenvalue weighted by atomic mass is 14.9. The Morgan fingerprint density at radius 3 is 2.40 bits per heavy atom. The fourth-order valence-corrected chi connectivity index (χ4v) is 1.89. The highest BCUT2D eigenvalue weighted by molar-refractivity contribution is 4.77. The summed E-state index contributed by atoms with van der Waals surface area (Å²) in [6, 6.07) is 0. The van der Waals surface area contributed by atoms with Gasteiger partial charge in [-0.3, -0.25) is 0 Å². The van der Waals surface area contributed by atoms with E-state index in [2.05, 4.69) is 38.3 Å². The first kappa shape index (κ1) is 13.0. The van der Waals surface area contributed by atoms with Gasteiger partial charge in [0.15, 0.2) is 0 Å². The Morgan fingerprint density at radius 1 is 1.27 bits per heavy atom. The van der Waals surface area contributed by atoms with Crippen molar-refractivity contribution >= 4 is 0 Å². The Kier molecular flexibility index (Phi) is 5.07. The lowest BCUT2D eigenvalue weighted by Gasteiger charge is -2.31. The van der Waals surface area contributed by atoms with E-state index in [0.717, 1.165) is 18.4 Å². The molecule has 0 aliphatic carbocycles. The van der Waals surface area contributed by atoms with Crippen molar-refractivity contribution in [2.24, 2.45) is 17.3 Å². The first-order valence-electron chi connectivity index (χ1n) is 6.44. The van der Waals surface area contributed by atoms with Crippen LogP contribution >= 0.6 is 0 Å². The second-order valence-electron chi connectivity index (χ2n) is 5.97. The van der Waals surface area contributed by atoms with Crippen LogP contribution < -0.4 is 10.6 Å². The van der Waals surface area contributed by atoms with E-state index in [1.54, 1.807) is 0 Å². The standard InChI is InChI=1S/C13H28N2/c1-11(2)13(3,4)10-15-9-12-5-7-14-8-6-12/h11-12,14-15H,5-10H2,1-4H3. The molecule has 0 spiro atoms. The summed E-state index contributed by atoms with van der Waals surface area (Å²) in [5.41, 5.74) is 0.424. The molecule has 2 nitrogen and oxygen atoms in total. The number of rotatable bonds is 5. The molecule has 1 fully saturated rings. The van der Waals surface area contributed by atoms with Crippen LogP contribution in [0.4, 0.5) is 0 Å². The quantitative estimate of drug-likeness (QED) is 0.730. The second-order valence-corrected chi connectivity index (χ2v) is 5.97. The van der Waals surface area contributed by atoms with E-state index < -0.39 is 0 Å². The van der Waals surface area contributed by atoms with Gasteiger partial charge in [-0.15, -0.1) is 0 Å². The van der Waals surface area contributed by atoms with Crippen LogP contribution in [0.5, 0.6) is 0 Å². The van der Waals surface area contributed by atoms with Crippen LogP contribution in [0.2, 0.25) is 0 Å². The van der Waals surface area contributed by atoms with Gasteiger partial charge >= 0.3 is 0 Å². The Morgan fingerprint density at radius 2 is 1.87 bits per heavy atom. The molecule has 0 amide bonds. The number of hydrogen-bond acceptors (Lipinski definition) is 2. The summed E-state index contributed by atoms with van der Waals surface area (Å²) < 4.78 is 0. The molecule has 1 aliphatic heterocycles. The van der Waals surface area contributed by atoms with Crippen molar-refractivity contribution in [3.05, 3.63) is 0 Å². The van der Waals surface area contributed by atoms with Crippen LogP contribution in [0.1, 0.15) is 40.5 Å². The Labute approximate surface area is 95.2 Å². The van der Waals surface area contributed by atoms with Crippen LogP contribution in [0.15, 0.2) is 0 Å². The maximum atomic E-state index is 3.65. The molecule has 1 heterocycles. The van der Waals surface area contributed by atoms with Crippen molar-refractivity contribution in [1.82, 2.24) is 10.6 Å². The zero-order chi connectivity index (χ0) is 11.3. The maximum absolute atomic E-state index is 3.65. The molecule has 1 saturated heterocycles. The van der Waals surface area contributed by atoms with Gasteiger partial charge in [-0.1, -0.05) is 27.7 Å². The van der Waals surface area contributed by atoms with Crippen LogP contribution in [-0.2, 0) is 0 Å². The fraction of sp³-hybridized carbons (Fsp3) is 1.00. The normalized spacial score (nSPS) is 19.8. The van der Waals surface area contributed by atoms with E-state index in [-0.39, 0.29) is 0 Å². The average Bonchev–Trinajstić information content (AvgIpc) is 2.19. The molecule has 0 saturated carbocycles. The highest BCUT2D eigenvalue weighted by Gasteiger charge is 2.22. The Hall–Kier alpha value is -0.0800. The lowest BCUT2D eigenvalue weighted by molar-refractivity contribution is 0.228. The van der Waals surface area contributed by atoms with Crippen molar-refractivity contribution in [3.63, 3.8) is 0 Å². The first-order valence-corrected chi connectivity index (χ1v) is 6.44. The van der Waals surface area contributed by atoms with E-state index in [0.29, 0.717) is 5.41 Å². The van der Waals surface area contributed by atoms with Gasteiger partial charge in [0, 0.05) is 6.54 Å². The zero-order valence-corrected chi connectivity index (χ0v) is 10.9. The van der Waals surface area contributed by atoms with Crippen molar-refractivity contribution < 1.29 is 0 Å². The van der Waals surface area contributed by atoms with Gasteiger partial charge < -0.3 is 10.6 Å². The molecule has 1 rings (SSSR count). The molecular weight excluding hydrogens is 184 g/mol. The fourth-order valence-electron chi connectivity index (χ4n) is 1.89. The van der Waals surface area contributed by atoms with Crippen molar-refractivity contribution in [2.75, 3.05) is 26.2 Å². The third-order valence-corrected chi connectivity index (χ3v) is 4.04. The summed E-state index contributed by atoms with van der Waals surface area (Å²) in [6.45, 7) is 14.1. The van der Waals surface area contributed by atoms with Crippen molar-refractivity contribution in [1.29, 1.82) is 0 Å². The summed E-state index contributed by atoms with van der Waals surface area (Å²) in [4.78, 5) is 0. The van der Waals surface area contributed by atoms with Gasteiger partial charge in [-0.2, -0.15) is 0 Å². The summed E-state index contributed by atoms with van der Waals surface area (Å²) in [7, 11) is 0.